The Morgan fingerprint density at radius 1 is 1.85 bits per heavy atom. The van der Waals surface area contributed by atoms with Crippen LogP contribution in [0, 0.1) is 0 Å². The number of aliphatic hydroxyl groups excluding tert-OH is 1. The van der Waals surface area contributed by atoms with Gasteiger partial charge in [-0.1, -0.05) is 11.2 Å². The predicted molar refractivity (Wildman–Crippen MR) is 45.8 cm³/mol. The van der Waals surface area contributed by atoms with Crippen LogP contribution < -0.4 is 0 Å². The Balaban J connectivity index is 4.05. The third kappa shape index (κ3) is 5.72. The molecule has 72 valence electrons. The summed E-state index contributed by atoms with van der Waals surface area (Å²) in [7, 11) is 0. The molecule has 1 N–H and O–H groups in total. The third-order valence-electron chi connectivity index (χ3n) is 1.13. The van der Waals surface area contributed by atoms with Crippen molar-refractivity contribution in [3.8, 4) is 0 Å². The SMILES string of the molecule is CCOC(=O)/C=C/C(CO)N=[N+]=[N-]. The van der Waals surface area contributed by atoms with E-state index in [1.54, 1.807) is 6.92 Å². The maximum atomic E-state index is 10.7. The molecule has 0 aliphatic carbocycles. The van der Waals surface area contributed by atoms with Gasteiger partial charge in [-0.25, -0.2) is 4.79 Å². The zero-order chi connectivity index (χ0) is 10.1. The standard InChI is InChI=1S/C7H11N3O3/c1-2-13-7(12)4-3-6(5-11)9-10-8/h3-4,6,11H,2,5H2,1H3/b4-3+. The Kier molecular flexibility index (Phi) is 6.31. The van der Waals surface area contributed by atoms with E-state index < -0.39 is 12.0 Å². The summed E-state index contributed by atoms with van der Waals surface area (Å²) in [6.45, 7) is 1.64. The summed E-state index contributed by atoms with van der Waals surface area (Å²) in [5.74, 6) is -0.519. The summed E-state index contributed by atoms with van der Waals surface area (Å²) in [6.07, 6.45) is 2.41. The molecular formula is C7H11N3O3. The fourth-order valence-electron chi connectivity index (χ4n) is 0.582. The quantitative estimate of drug-likeness (QED) is 0.225. The number of nitrogens with zero attached hydrogens (tertiary/aromatic N) is 3. The monoisotopic (exact) mass is 185 g/mol. The molecule has 0 fully saturated rings. The highest BCUT2D eigenvalue weighted by molar-refractivity contribution is 5.81. The molecule has 0 saturated heterocycles. The largest absolute Gasteiger partial charge is 0.463 e. The predicted octanol–water partition coefficient (Wildman–Crippen LogP) is 0.777. The summed E-state index contributed by atoms with van der Waals surface area (Å²) in [5, 5.41) is 11.8. The van der Waals surface area contributed by atoms with Crippen molar-refractivity contribution in [1.82, 2.24) is 0 Å². The van der Waals surface area contributed by atoms with Gasteiger partial charge >= 0.3 is 5.97 Å². The van der Waals surface area contributed by atoms with Crippen LogP contribution in [0.25, 0.3) is 10.4 Å². The number of carbonyl (C=O) groups excluding carboxylic acids is 1. The molecule has 0 bridgehead atoms. The van der Waals surface area contributed by atoms with E-state index in [0.717, 1.165) is 6.08 Å². The molecule has 1 unspecified atom stereocenters. The van der Waals surface area contributed by atoms with Crippen LogP contribution in [0.5, 0.6) is 0 Å². The number of carbonyl (C=O) groups is 1. The first-order valence-electron chi connectivity index (χ1n) is 3.74. The van der Waals surface area contributed by atoms with Crippen LogP contribution in [-0.2, 0) is 9.53 Å². The lowest BCUT2D eigenvalue weighted by atomic mass is 10.3. The topological polar surface area (TPSA) is 95.3 Å². The molecule has 1 atom stereocenters. The van der Waals surface area contributed by atoms with Gasteiger partial charge < -0.3 is 9.84 Å². The van der Waals surface area contributed by atoms with Crippen molar-refractivity contribution in [2.45, 2.75) is 13.0 Å². The summed E-state index contributed by atoms with van der Waals surface area (Å²) in [4.78, 5) is 13.2. The summed E-state index contributed by atoms with van der Waals surface area (Å²) >= 11 is 0. The molecule has 6 heteroatoms. The molecule has 0 radical (unpaired) electrons. The van der Waals surface area contributed by atoms with Crippen LogP contribution >= 0.6 is 0 Å². The molecule has 0 aromatic heterocycles. The first-order chi connectivity index (χ1) is 6.24. The van der Waals surface area contributed by atoms with Gasteiger partial charge in [0.05, 0.1) is 19.3 Å². The molecule has 0 aliphatic rings. The fourth-order valence-corrected chi connectivity index (χ4v) is 0.582. The van der Waals surface area contributed by atoms with Crippen molar-refractivity contribution in [3.05, 3.63) is 22.6 Å². The molecular weight excluding hydrogens is 174 g/mol. The minimum Gasteiger partial charge on any atom is -0.463 e. The minimum atomic E-state index is -0.714. The van der Waals surface area contributed by atoms with Gasteiger partial charge in [-0.2, -0.15) is 0 Å². The Hall–Kier alpha value is -1.52. The van der Waals surface area contributed by atoms with E-state index in [-0.39, 0.29) is 13.2 Å². The highest BCUT2D eigenvalue weighted by Crippen LogP contribution is 1.93. The van der Waals surface area contributed by atoms with Gasteiger partial charge in [0.25, 0.3) is 0 Å². The highest BCUT2D eigenvalue weighted by Gasteiger charge is 2.00. The van der Waals surface area contributed by atoms with E-state index in [2.05, 4.69) is 14.8 Å². The van der Waals surface area contributed by atoms with Gasteiger partial charge in [0.15, 0.2) is 0 Å². The Morgan fingerprint density at radius 2 is 2.54 bits per heavy atom. The number of azide groups is 1. The normalized spacial score (nSPS) is 12.2. The molecule has 0 aromatic rings. The molecule has 0 rings (SSSR count). The number of hydrogen-bond acceptors (Lipinski definition) is 4. The number of ether oxygens (including phenoxy) is 1. The average Bonchev–Trinajstić information content (AvgIpc) is 2.12. The molecule has 0 heterocycles. The lowest BCUT2D eigenvalue weighted by molar-refractivity contribution is -0.137. The van der Waals surface area contributed by atoms with E-state index in [0.29, 0.717) is 0 Å². The van der Waals surface area contributed by atoms with Crippen LogP contribution in [0.1, 0.15) is 6.92 Å². The number of aliphatic hydroxyl groups is 1. The van der Waals surface area contributed by atoms with Crippen molar-refractivity contribution >= 4 is 5.97 Å². The van der Waals surface area contributed by atoms with E-state index in [1.807, 2.05) is 0 Å². The Labute approximate surface area is 75.4 Å². The maximum Gasteiger partial charge on any atom is 0.330 e. The molecule has 6 nitrogen and oxygen atoms in total. The summed E-state index contributed by atoms with van der Waals surface area (Å²) < 4.78 is 4.57. The van der Waals surface area contributed by atoms with Crippen LogP contribution in [-0.4, -0.2) is 30.3 Å². The van der Waals surface area contributed by atoms with E-state index in [1.165, 1.54) is 6.08 Å². The van der Waals surface area contributed by atoms with Gasteiger partial charge in [0.2, 0.25) is 0 Å². The van der Waals surface area contributed by atoms with Crippen LogP contribution in [0.4, 0.5) is 0 Å². The number of hydrogen-bond donors (Lipinski definition) is 1. The zero-order valence-electron chi connectivity index (χ0n) is 7.25. The highest BCUT2D eigenvalue weighted by atomic mass is 16.5. The Morgan fingerprint density at radius 3 is 3.00 bits per heavy atom. The maximum absolute atomic E-state index is 10.7. The summed E-state index contributed by atoms with van der Waals surface area (Å²) in [5.41, 5.74) is 8.03. The van der Waals surface area contributed by atoms with E-state index in [4.69, 9.17) is 10.6 Å². The van der Waals surface area contributed by atoms with Gasteiger partial charge in [0.1, 0.15) is 0 Å². The second-order valence-electron chi connectivity index (χ2n) is 2.07. The molecule has 0 saturated carbocycles. The molecule has 0 aliphatic heterocycles. The van der Waals surface area contributed by atoms with E-state index in [9.17, 15) is 4.79 Å². The molecule has 0 aromatic carbocycles. The molecule has 0 amide bonds. The van der Waals surface area contributed by atoms with Crippen LogP contribution in [0.2, 0.25) is 0 Å². The number of esters is 1. The van der Waals surface area contributed by atoms with Crippen molar-refractivity contribution in [2.75, 3.05) is 13.2 Å². The first kappa shape index (κ1) is 11.5. The Bertz CT molecular complexity index is 233. The zero-order valence-corrected chi connectivity index (χ0v) is 7.25. The van der Waals surface area contributed by atoms with Gasteiger partial charge in [-0.05, 0) is 12.5 Å². The van der Waals surface area contributed by atoms with E-state index >= 15 is 0 Å². The minimum absolute atomic E-state index is 0.286. The molecule has 0 spiro atoms. The van der Waals surface area contributed by atoms with Crippen LogP contribution in [0.15, 0.2) is 17.3 Å². The lowest BCUT2D eigenvalue weighted by Crippen LogP contribution is -2.07. The van der Waals surface area contributed by atoms with Crippen LogP contribution in [0.3, 0.4) is 0 Å². The fraction of sp³-hybridized carbons (Fsp3) is 0.571. The van der Waals surface area contributed by atoms with Crippen molar-refractivity contribution in [3.63, 3.8) is 0 Å². The smallest absolute Gasteiger partial charge is 0.330 e. The van der Waals surface area contributed by atoms with Crippen molar-refractivity contribution in [1.29, 1.82) is 0 Å². The summed E-state index contributed by atoms with van der Waals surface area (Å²) in [6, 6.07) is -0.714. The first-order valence-corrected chi connectivity index (χ1v) is 3.74. The second-order valence-corrected chi connectivity index (χ2v) is 2.07. The average molecular weight is 185 g/mol. The van der Waals surface area contributed by atoms with Gasteiger partial charge in [-0.15, -0.1) is 0 Å². The number of rotatable bonds is 5. The lowest BCUT2D eigenvalue weighted by Gasteiger charge is -1.98. The second kappa shape index (κ2) is 7.15. The van der Waals surface area contributed by atoms with Crippen molar-refractivity contribution in [2.24, 2.45) is 5.11 Å². The van der Waals surface area contributed by atoms with Crippen molar-refractivity contribution < 1.29 is 14.6 Å². The third-order valence-corrected chi connectivity index (χ3v) is 1.13. The molecule has 13 heavy (non-hydrogen) atoms. The van der Waals surface area contributed by atoms with Gasteiger partial charge in [-0.3, -0.25) is 0 Å². The van der Waals surface area contributed by atoms with Gasteiger partial charge in [0, 0.05) is 11.0 Å².